The van der Waals surface area contributed by atoms with Crippen molar-refractivity contribution in [3.05, 3.63) is 35.4 Å². The molecule has 3 unspecified atom stereocenters. The summed E-state index contributed by atoms with van der Waals surface area (Å²) in [5.41, 5.74) is 0.828. The van der Waals surface area contributed by atoms with Gasteiger partial charge in [0.1, 0.15) is 0 Å². The van der Waals surface area contributed by atoms with Gasteiger partial charge in [0.15, 0.2) is 0 Å². The van der Waals surface area contributed by atoms with Crippen molar-refractivity contribution < 1.29 is 15.0 Å². The van der Waals surface area contributed by atoms with Gasteiger partial charge < -0.3 is 10.2 Å². The van der Waals surface area contributed by atoms with Crippen LogP contribution in [0.2, 0.25) is 0 Å². The quantitative estimate of drug-likeness (QED) is 0.860. The number of aliphatic hydroxyl groups is 1. The summed E-state index contributed by atoms with van der Waals surface area (Å²) in [6, 6.07) is 7.47. The van der Waals surface area contributed by atoms with E-state index in [1.807, 2.05) is 24.3 Å². The van der Waals surface area contributed by atoms with E-state index in [1.54, 1.807) is 0 Å². The third-order valence-corrected chi connectivity index (χ3v) is 4.64. The number of hydrogen-bond acceptors (Lipinski definition) is 2. The summed E-state index contributed by atoms with van der Waals surface area (Å²) >= 11 is 0. The molecule has 18 heavy (non-hydrogen) atoms. The molecule has 2 N–H and O–H groups in total. The Labute approximate surface area is 106 Å². The molecule has 2 saturated carbocycles. The van der Waals surface area contributed by atoms with Crippen molar-refractivity contribution in [3.63, 3.8) is 0 Å². The summed E-state index contributed by atoms with van der Waals surface area (Å²) in [5.74, 6) is 0.101. The van der Waals surface area contributed by atoms with Crippen LogP contribution in [0.25, 0.3) is 0 Å². The molecule has 3 atom stereocenters. The number of carbonyl (C=O) groups is 1. The van der Waals surface area contributed by atoms with Crippen LogP contribution in [0, 0.1) is 11.8 Å². The minimum absolute atomic E-state index is 0.00410. The van der Waals surface area contributed by atoms with Gasteiger partial charge in [-0.1, -0.05) is 24.3 Å². The first-order valence-corrected chi connectivity index (χ1v) is 6.62. The van der Waals surface area contributed by atoms with Gasteiger partial charge in [0.05, 0.1) is 12.0 Å². The predicted molar refractivity (Wildman–Crippen MR) is 67.1 cm³/mol. The topological polar surface area (TPSA) is 57.5 Å². The van der Waals surface area contributed by atoms with Gasteiger partial charge in [-0.15, -0.1) is 0 Å². The summed E-state index contributed by atoms with van der Waals surface area (Å²) in [7, 11) is 0. The molecule has 2 bridgehead atoms. The lowest BCUT2D eigenvalue weighted by molar-refractivity contribution is -0.136. The Morgan fingerprint density at radius 3 is 2.72 bits per heavy atom. The lowest BCUT2D eigenvalue weighted by atomic mass is 9.77. The highest BCUT2D eigenvalue weighted by molar-refractivity contribution is 5.71. The molecule has 0 saturated heterocycles. The van der Waals surface area contributed by atoms with Crippen LogP contribution in [-0.2, 0) is 16.8 Å². The maximum Gasteiger partial charge on any atom is 0.307 e. The normalized spacial score (nSPS) is 33.8. The predicted octanol–water partition coefficient (Wildman–Crippen LogP) is 2.32. The third kappa shape index (κ3) is 1.74. The zero-order chi connectivity index (χ0) is 12.8. The number of rotatable bonds is 3. The Morgan fingerprint density at radius 2 is 2.11 bits per heavy atom. The smallest absolute Gasteiger partial charge is 0.307 e. The zero-order valence-electron chi connectivity index (χ0n) is 10.3. The summed E-state index contributed by atoms with van der Waals surface area (Å²) in [4.78, 5) is 10.9. The largest absolute Gasteiger partial charge is 0.481 e. The number of benzene rings is 1. The second-order valence-corrected chi connectivity index (χ2v) is 5.73. The van der Waals surface area contributed by atoms with Crippen molar-refractivity contribution in [1.82, 2.24) is 0 Å². The van der Waals surface area contributed by atoms with E-state index in [0.29, 0.717) is 11.8 Å². The standard InChI is InChI=1S/C15H18O3/c16-14(17)8-11-3-1-2-4-13(11)15(18)9-10-5-6-12(15)7-10/h1-4,10,12,18H,5-9H2,(H,16,17). The summed E-state index contributed by atoms with van der Waals surface area (Å²) in [6.45, 7) is 0. The number of aliphatic carboxylic acids is 1. The van der Waals surface area contributed by atoms with Crippen molar-refractivity contribution in [3.8, 4) is 0 Å². The highest BCUT2D eigenvalue weighted by Gasteiger charge is 2.51. The van der Waals surface area contributed by atoms with Crippen LogP contribution in [0.3, 0.4) is 0 Å². The van der Waals surface area contributed by atoms with E-state index < -0.39 is 11.6 Å². The van der Waals surface area contributed by atoms with Crippen molar-refractivity contribution >= 4 is 5.97 Å². The highest BCUT2D eigenvalue weighted by Crippen LogP contribution is 2.56. The Morgan fingerprint density at radius 1 is 1.33 bits per heavy atom. The Balaban J connectivity index is 1.99. The number of fused-ring (bicyclic) bond motifs is 2. The molecule has 0 aliphatic heterocycles. The van der Waals surface area contributed by atoms with Gasteiger partial charge in [-0.05, 0) is 48.6 Å². The molecule has 2 fully saturated rings. The van der Waals surface area contributed by atoms with Gasteiger partial charge in [-0.25, -0.2) is 0 Å². The van der Waals surface area contributed by atoms with Crippen LogP contribution in [0.4, 0.5) is 0 Å². The van der Waals surface area contributed by atoms with Crippen LogP contribution >= 0.6 is 0 Å². The van der Waals surface area contributed by atoms with Crippen molar-refractivity contribution in [2.45, 2.75) is 37.7 Å². The maximum atomic E-state index is 11.0. The molecule has 0 spiro atoms. The molecule has 2 aliphatic rings. The molecule has 0 heterocycles. The van der Waals surface area contributed by atoms with Crippen molar-refractivity contribution in [1.29, 1.82) is 0 Å². The lowest BCUT2D eigenvalue weighted by Crippen LogP contribution is -2.33. The number of carboxylic acid groups (broad SMARTS) is 1. The molecule has 1 aromatic rings. The Bertz CT molecular complexity index is 482. The molecule has 96 valence electrons. The molecule has 2 aliphatic carbocycles. The first-order valence-electron chi connectivity index (χ1n) is 6.62. The van der Waals surface area contributed by atoms with Crippen LogP contribution in [0.15, 0.2) is 24.3 Å². The number of hydrogen-bond donors (Lipinski definition) is 2. The molecule has 3 rings (SSSR count). The minimum atomic E-state index is -0.839. The fraction of sp³-hybridized carbons (Fsp3) is 0.533. The van der Waals surface area contributed by atoms with Crippen molar-refractivity contribution in [2.24, 2.45) is 11.8 Å². The molecule has 0 amide bonds. The summed E-state index contributed by atoms with van der Waals surface area (Å²) < 4.78 is 0. The first-order chi connectivity index (χ1) is 8.59. The van der Waals surface area contributed by atoms with Gasteiger partial charge in [0.25, 0.3) is 0 Å². The Kier molecular flexibility index (Phi) is 2.67. The second kappa shape index (κ2) is 4.09. The SMILES string of the molecule is O=C(O)Cc1ccccc1C1(O)CC2CCC1C2. The monoisotopic (exact) mass is 246 g/mol. The molecule has 3 nitrogen and oxygen atoms in total. The van der Waals surface area contributed by atoms with E-state index in [4.69, 9.17) is 5.11 Å². The van der Waals surface area contributed by atoms with E-state index in [9.17, 15) is 9.90 Å². The van der Waals surface area contributed by atoms with Gasteiger partial charge in [-0.3, -0.25) is 4.79 Å². The molecular formula is C15H18O3. The van der Waals surface area contributed by atoms with Crippen LogP contribution in [0.5, 0.6) is 0 Å². The number of carboxylic acids is 1. The average molecular weight is 246 g/mol. The van der Waals surface area contributed by atoms with Gasteiger partial charge in [0, 0.05) is 0 Å². The van der Waals surface area contributed by atoms with Crippen LogP contribution < -0.4 is 0 Å². The van der Waals surface area contributed by atoms with E-state index in [1.165, 1.54) is 6.42 Å². The van der Waals surface area contributed by atoms with Gasteiger partial charge in [-0.2, -0.15) is 0 Å². The fourth-order valence-corrected chi connectivity index (χ4v) is 3.89. The van der Waals surface area contributed by atoms with E-state index in [2.05, 4.69) is 0 Å². The summed E-state index contributed by atoms with van der Waals surface area (Å²) in [5, 5.41) is 19.9. The van der Waals surface area contributed by atoms with Gasteiger partial charge >= 0.3 is 5.97 Å². The molecule has 1 aromatic carbocycles. The Hall–Kier alpha value is -1.35. The molecule has 0 radical (unpaired) electrons. The maximum absolute atomic E-state index is 11.0. The second-order valence-electron chi connectivity index (χ2n) is 5.73. The van der Waals surface area contributed by atoms with Crippen LogP contribution in [-0.4, -0.2) is 16.2 Å². The van der Waals surface area contributed by atoms with Crippen molar-refractivity contribution in [2.75, 3.05) is 0 Å². The van der Waals surface area contributed by atoms with Crippen LogP contribution in [0.1, 0.15) is 36.8 Å². The highest BCUT2D eigenvalue weighted by atomic mass is 16.4. The zero-order valence-corrected chi connectivity index (χ0v) is 10.3. The lowest BCUT2D eigenvalue weighted by Gasteiger charge is -2.34. The van der Waals surface area contributed by atoms with E-state index in [-0.39, 0.29) is 6.42 Å². The van der Waals surface area contributed by atoms with E-state index >= 15 is 0 Å². The first kappa shape index (κ1) is 11.7. The fourth-order valence-electron chi connectivity index (χ4n) is 3.89. The molecule has 3 heteroatoms. The summed E-state index contributed by atoms with van der Waals surface area (Å²) in [6.07, 6.45) is 4.18. The molecular weight excluding hydrogens is 228 g/mol. The minimum Gasteiger partial charge on any atom is -0.481 e. The average Bonchev–Trinajstić information content (AvgIpc) is 2.89. The molecule has 0 aromatic heterocycles. The van der Waals surface area contributed by atoms with Gasteiger partial charge in [0.2, 0.25) is 0 Å². The van der Waals surface area contributed by atoms with E-state index in [0.717, 1.165) is 30.4 Å². The third-order valence-electron chi connectivity index (χ3n) is 4.64.